The maximum atomic E-state index is 14.0. The van der Waals surface area contributed by atoms with Crippen molar-refractivity contribution in [2.24, 2.45) is 11.8 Å². The zero-order valence-corrected chi connectivity index (χ0v) is 20.4. The number of amides is 2. The highest BCUT2D eigenvalue weighted by atomic mass is 16.5. The molecule has 4 aliphatic rings. The zero-order valence-electron chi connectivity index (χ0n) is 20.4. The van der Waals surface area contributed by atoms with Crippen molar-refractivity contribution in [3.05, 3.63) is 95.1 Å². The molecule has 7 rings (SSSR count). The molecule has 5 nitrogen and oxygen atoms in total. The summed E-state index contributed by atoms with van der Waals surface area (Å²) in [6.07, 6.45) is 4.23. The minimum absolute atomic E-state index is 0.165. The fourth-order valence-electron chi connectivity index (χ4n) is 6.51. The van der Waals surface area contributed by atoms with Crippen LogP contribution in [0.2, 0.25) is 0 Å². The predicted molar refractivity (Wildman–Crippen MR) is 137 cm³/mol. The van der Waals surface area contributed by atoms with E-state index in [9.17, 15) is 14.4 Å². The van der Waals surface area contributed by atoms with Crippen LogP contribution in [0.15, 0.2) is 72.8 Å². The van der Waals surface area contributed by atoms with Gasteiger partial charge in [-0.15, -0.1) is 0 Å². The van der Waals surface area contributed by atoms with Crippen LogP contribution in [-0.2, 0) is 14.4 Å². The Morgan fingerprint density at radius 3 is 1.75 bits per heavy atom. The van der Waals surface area contributed by atoms with Crippen LogP contribution in [0, 0.1) is 11.8 Å². The Bertz CT molecular complexity index is 1250. The Morgan fingerprint density at radius 2 is 1.22 bits per heavy atom. The quantitative estimate of drug-likeness (QED) is 0.182. The molecule has 2 atom stereocenters. The minimum atomic E-state index is -0.467. The fraction of sp³-hybridized carbons (Fsp3) is 0.323. The third-order valence-electron chi connectivity index (χ3n) is 8.01. The van der Waals surface area contributed by atoms with Crippen LogP contribution in [0.3, 0.4) is 0 Å². The average Bonchev–Trinajstić information content (AvgIpc) is 3.17. The summed E-state index contributed by atoms with van der Waals surface area (Å²) in [5.74, 6) is -1.76. The van der Waals surface area contributed by atoms with E-state index < -0.39 is 11.8 Å². The van der Waals surface area contributed by atoms with Crippen LogP contribution in [0.4, 0.5) is 5.69 Å². The van der Waals surface area contributed by atoms with Crippen molar-refractivity contribution in [1.29, 1.82) is 0 Å². The van der Waals surface area contributed by atoms with E-state index in [1.165, 1.54) is 4.90 Å². The lowest BCUT2D eigenvalue weighted by atomic mass is 9.55. The normalized spacial score (nSPS) is 23.3. The van der Waals surface area contributed by atoms with E-state index in [1.807, 2.05) is 24.3 Å². The Balaban J connectivity index is 1.36. The summed E-state index contributed by atoms with van der Waals surface area (Å²) >= 11 is 0. The molecule has 5 heteroatoms. The van der Waals surface area contributed by atoms with Crippen molar-refractivity contribution in [2.75, 3.05) is 4.90 Å². The van der Waals surface area contributed by atoms with Crippen molar-refractivity contribution in [3.8, 4) is 5.75 Å². The van der Waals surface area contributed by atoms with Gasteiger partial charge >= 0.3 is 5.97 Å². The molecular formula is C31H29NO4. The molecule has 0 aromatic heterocycles. The number of nitrogens with zero attached hydrogens (tertiary/aromatic N) is 1. The smallest absolute Gasteiger partial charge is 0.311 e. The Kier molecular flexibility index (Phi) is 5.71. The number of para-hydroxylation sites is 2. The van der Waals surface area contributed by atoms with Crippen molar-refractivity contribution >= 4 is 23.5 Å². The molecule has 0 spiro atoms. The number of carbonyl (C=O) groups excluding carboxylic acids is 3. The van der Waals surface area contributed by atoms with Gasteiger partial charge in [-0.3, -0.25) is 14.4 Å². The van der Waals surface area contributed by atoms with Gasteiger partial charge in [0.25, 0.3) is 0 Å². The number of esters is 1. The van der Waals surface area contributed by atoms with E-state index in [0.717, 1.165) is 47.9 Å². The first-order chi connectivity index (χ1) is 17.6. The zero-order chi connectivity index (χ0) is 24.8. The number of rotatable bonds is 7. The summed E-state index contributed by atoms with van der Waals surface area (Å²) < 4.78 is 5.70. The van der Waals surface area contributed by atoms with Gasteiger partial charge in [0.1, 0.15) is 0 Å². The lowest BCUT2D eigenvalue weighted by Crippen LogP contribution is -2.41. The van der Waals surface area contributed by atoms with E-state index >= 15 is 0 Å². The van der Waals surface area contributed by atoms with Gasteiger partial charge in [-0.05, 0) is 40.8 Å². The first kappa shape index (κ1) is 22.7. The van der Waals surface area contributed by atoms with E-state index in [2.05, 4.69) is 31.2 Å². The molecule has 182 valence electrons. The highest BCUT2D eigenvalue weighted by molar-refractivity contribution is 6.24. The van der Waals surface area contributed by atoms with Crippen molar-refractivity contribution in [3.63, 3.8) is 0 Å². The molecule has 0 radical (unpaired) electrons. The van der Waals surface area contributed by atoms with E-state index in [1.54, 1.807) is 24.3 Å². The van der Waals surface area contributed by atoms with Crippen LogP contribution in [-0.4, -0.2) is 17.8 Å². The lowest BCUT2D eigenvalue weighted by molar-refractivity contribution is -0.134. The number of unbranched alkanes of at least 4 members (excludes halogenated alkanes) is 3. The number of hydrogen-bond acceptors (Lipinski definition) is 4. The van der Waals surface area contributed by atoms with Crippen LogP contribution in [0.25, 0.3) is 0 Å². The molecule has 0 N–H and O–H groups in total. The van der Waals surface area contributed by atoms with Gasteiger partial charge in [0.15, 0.2) is 5.75 Å². The predicted octanol–water partition coefficient (Wildman–Crippen LogP) is 5.96. The maximum Gasteiger partial charge on any atom is 0.311 e. The molecule has 3 aromatic rings. The number of benzene rings is 3. The topological polar surface area (TPSA) is 63.7 Å². The Labute approximate surface area is 211 Å². The number of hydrogen-bond donors (Lipinski definition) is 0. The second-order valence-electron chi connectivity index (χ2n) is 10.0. The first-order valence-electron chi connectivity index (χ1n) is 13.0. The van der Waals surface area contributed by atoms with E-state index in [0.29, 0.717) is 12.1 Å². The molecule has 1 aliphatic heterocycles. The average molecular weight is 480 g/mol. The molecule has 3 aromatic carbocycles. The van der Waals surface area contributed by atoms with Gasteiger partial charge in [0.05, 0.1) is 17.5 Å². The van der Waals surface area contributed by atoms with Gasteiger partial charge in [-0.2, -0.15) is 0 Å². The molecule has 1 heterocycles. The summed E-state index contributed by atoms with van der Waals surface area (Å²) in [6.45, 7) is 2.12. The maximum absolute atomic E-state index is 14.0. The molecule has 2 amide bonds. The highest BCUT2D eigenvalue weighted by Crippen LogP contribution is 2.61. The minimum Gasteiger partial charge on any atom is -0.424 e. The van der Waals surface area contributed by atoms with Gasteiger partial charge in [0.2, 0.25) is 11.8 Å². The summed E-state index contributed by atoms with van der Waals surface area (Å²) in [6, 6.07) is 23.3. The number of ether oxygens (including phenoxy) is 1. The molecule has 3 aliphatic carbocycles. The second kappa shape index (κ2) is 9.05. The number of anilines is 1. The molecule has 2 bridgehead atoms. The van der Waals surface area contributed by atoms with Crippen LogP contribution < -0.4 is 9.64 Å². The summed E-state index contributed by atoms with van der Waals surface area (Å²) in [4.78, 5) is 41.9. The molecular weight excluding hydrogens is 450 g/mol. The van der Waals surface area contributed by atoms with Gasteiger partial charge in [-0.25, -0.2) is 4.90 Å². The monoisotopic (exact) mass is 479 g/mol. The van der Waals surface area contributed by atoms with Crippen LogP contribution in [0.5, 0.6) is 5.75 Å². The van der Waals surface area contributed by atoms with Gasteiger partial charge in [-0.1, -0.05) is 86.8 Å². The van der Waals surface area contributed by atoms with Crippen molar-refractivity contribution in [2.45, 2.75) is 50.9 Å². The molecule has 1 saturated heterocycles. The van der Waals surface area contributed by atoms with E-state index in [4.69, 9.17) is 4.74 Å². The van der Waals surface area contributed by atoms with Crippen molar-refractivity contribution < 1.29 is 19.1 Å². The SMILES string of the molecule is CCCCCCC(=O)Oc1ccccc1N1C(=O)C2C3c4ccccc4C(c4ccccc43)C2C1=O. The van der Waals surface area contributed by atoms with Gasteiger partial charge in [0, 0.05) is 18.3 Å². The van der Waals surface area contributed by atoms with Crippen molar-refractivity contribution in [1.82, 2.24) is 0 Å². The lowest BCUT2D eigenvalue weighted by Gasteiger charge is -2.45. The van der Waals surface area contributed by atoms with Crippen LogP contribution >= 0.6 is 0 Å². The highest BCUT2D eigenvalue weighted by Gasteiger charge is 2.62. The first-order valence-corrected chi connectivity index (χ1v) is 13.0. The molecule has 2 unspecified atom stereocenters. The largest absolute Gasteiger partial charge is 0.424 e. The molecule has 36 heavy (non-hydrogen) atoms. The standard InChI is InChI=1S/C31H29NO4/c1-2-3-4-5-18-25(33)36-24-17-11-10-16-23(24)32-30(34)28-26-19-12-6-7-13-20(19)27(29(28)31(32)35)22-15-9-8-14-21(22)26/h6-17,26-29H,2-5,18H2,1H3. The number of imide groups is 1. The second-order valence-corrected chi connectivity index (χ2v) is 10.0. The van der Waals surface area contributed by atoms with Crippen LogP contribution in [0.1, 0.15) is 73.1 Å². The molecule has 0 saturated carbocycles. The summed E-state index contributed by atoms with van der Waals surface area (Å²) in [5, 5.41) is 0. The van der Waals surface area contributed by atoms with E-state index in [-0.39, 0.29) is 35.4 Å². The Morgan fingerprint density at radius 1 is 0.722 bits per heavy atom. The summed E-state index contributed by atoms with van der Waals surface area (Å²) in [5.41, 5.74) is 4.90. The van der Waals surface area contributed by atoms with Gasteiger partial charge < -0.3 is 4.74 Å². The Hall–Kier alpha value is -3.73. The third kappa shape index (κ3) is 3.41. The number of carbonyl (C=O) groups is 3. The third-order valence-corrected chi connectivity index (χ3v) is 8.01. The molecule has 1 fully saturated rings. The summed E-state index contributed by atoms with van der Waals surface area (Å²) in [7, 11) is 0. The fourth-order valence-corrected chi connectivity index (χ4v) is 6.51.